The van der Waals surface area contributed by atoms with Crippen molar-refractivity contribution >= 4 is 21.8 Å². The van der Waals surface area contributed by atoms with E-state index in [1.807, 2.05) is 6.07 Å². The standard InChI is InChI=1S/C13H18N2O5S/c1-21(19,8-7-11(14)12(16)17)15-13(18)20-9-10-5-3-2-4-6-10/h2-6,11H,7-9,14H2,1H3,(H,16,17). The summed E-state index contributed by atoms with van der Waals surface area (Å²) in [5.41, 5.74) is 6.09. The number of hydrogen-bond donors (Lipinski definition) is 2. The molecule has 0 spiro atoms. The molecule has 1 rings (SSSR count). The predicted molar refractivity (Wildman–Crippen MR) is 78.2 cm³/mol. The largest absolute Gasteiger partial charge is 0.480 e. The molecule has 0 bridgehead atoms. The van der Waals surface area contributed by atoms with Gasteiger partial charge in [-0.05, 0) is 12.0 Å². The third-order valence-electron chi connectivity index (χ3n) is 2.60. The van der Waals surface area contributed by atoms with Gasteiger partial charge in [0.05, 0.1) is 9.73 Å². The molecule has 1 aromatic carbocycles. The molecular formula is C13H18N2O5S. The van der Waals surface area contributed by atoms with Gasteiger partial charge in [-0.1, -0.05) is 30.3 Å². The zero-order valence-corrected chi connectivity index (χ0v) is 12.4. The number of carboxylic acids is 1. The lowest BCUT2D eigenvalue weighted by atomic mass is 10.2. The summed E-state index contributed by atoms with van der Waals surface area (Å²) in [6.45, 7) is 0.0351. The van der Waals surface area contributed by atoms with E-state index in [-0.39, 0.29) is 18.8 Å². The van der Waals surface area contributed by atoms with Crippen LogP contribution >= 0.6 is 0 Å². The van der Waals surface area contributed by atoms with E-state index in [9.17, 15) is 13.8 Å². The van der Waals surface area contributed by atoms with E-state index < -0.39 is 27.8 Å². The van der Waals surface area contributed by atoms with E-state index in [0.29, 0.717) is 0 Å². The lowest BCUT2D eigenvalue weighted by Crippen LogP contribution is -2.32. The number of aliphatic carboxylic acids is 1. The first-order valence-corrected chi connectivity index (χ1v) is 8.28. The third-order valence-corrected chi connectivity index (χ3v) is 4.13. The summed E-state index contributed by atoms with van der Waals surface area (Å²) < 4.78 is 20.4. The number of benzene rings is 1. The van der Waals surface area contributed by atoms with Crippen LogP contribution in [0.1, 0.15) is 12.0 Å². The molecule has 7 nitrogen and oxygen atoms in total. The maximum atomic E-state index is 12.0. The minimum absolute atomic E-state index is 0.0276. The van der Waals surface area contributed by atoms with Crippen LogP contribution in [-0.4, -0.2) is 39.4 Å². The summed E-state index contributed by atoms with van der Waals surface area (Å²) in [4.78, 5) is 22.1. The molecule has 8 heteroatoms. The van der Waals surface area contributed by atoms with Crippen LogP contribution in [0.2, 0.25) is 0 Å². The van der Waals surface area contributed by atoms with Crippen molar-refractivity contribution in [2.45, 2.75) is 19.1 Å². The lowest BCUT2D eigenvalue weighted by molar-refractivity contribution is -0.138. The van der Waals surface area contributed by atoms with Gasteiger partial charge in [0.25, 0.3) is 0 Å². The summed E-state index contributed by atoms with van der Waals surface area (Å²) in [5.74, 6) is -1.27. The molecule has 0 aliphatic heterocycles. The van der Waals surface area contributed by atoms with Gasteiger partial charge in [-0.15, -0.1) is 4.36 Å². The Hall–Kier alpha value is -1.93. The number of carboxylic acid groups (broad SMARTS) is 1. The number of nitrogens with two attached hydrogens (primary N) is 1. The second kappa shape index (κ2) is 7.75. The molecule has 2 atom stereocenters. The van der Waals surface area contributed by atoms with Crippen LogP contribution in [0.4, 0.5) is 4.79 Å². The monoisotopic (exact) mass is 314 g/mol. The highest BCUT2D eigenvalue weighted by atomic mass is 32.2. The average molecular weight is 314 g/mol. The van der Waals surface area contributed by atoms with Gasteiger partial charge in [0, 0.05) is 12.0 Å². The van der Waals surface area contributed by atoms with Gasteiger partial charge in [-0.25, -0.2) is 9.00 Å². The number of rotatable bonds is 6. The molecule has 3 N–H and O–H groups in total. The first kappa shape index (κ1) is 17.1. The highest BCUT2D eigenvalue weighted by molar-refractivity contribution is 7.93. The molecule has 0 saturated heterocycles. The molecule has 0 radical (unpaired) electrons. The number of hydrogen-bond acceptors (Lipinski definition) is 5. The van der Waals surface area contributed by atoms with E-state index in [1.54, 1.807) is 24.3 Å². The van der Waals surface area contributed by atoms with Gasteiger partial charge in [0.2, 0.25) is 0 Å². The molecule has 116 valence electrons. The molecule has 2 unspecified atom stereocenters. The second-order valence-corrected chi connectivity index (χ2v) is 7.04. The summed E-state index contributed by atoms with van der Waals surface area (Å²) in [6.07, 6.45) is 0.307. The van der Waals surface area contributed by atoms with Crippen LogP contribution in [0.15, 0.2) is 34.7 Å². The SMILES string of the molecule is CS(=O)(CCC(N)C(=O)O)=NC(=O)OCc1ccccc1. The fourth-order valence-electron chi connectivity index (χ4n) is 1.42. The van der Waals surface area contributed by atoms with Gasteiger partial charge < -0.3 is 15.6 Å². The zero-order chi connectivity index (χ0) is 15.9. The van der Waals surface area contributed by atoms with Gasteiger partial charge in [0.15, 0.2) is 0 Å². The van der Waals surface area contributed by atoms with E-state index >= 15 is 0 Å². The number of carbonyl (C=O) groups excluding carboxylic acids is 1. The first-order valence-electron chi connectivity index (χ1n) is 6.19. The van der Waals surface area contributed by atoms with Crippen molar-refractivity contribution < 1.29 is 23.6 Å². The number of nitrogens with zero attached hydrogens (tertiary/aromatic N) is 1. The molecule has 0 aliphatic carbocycles. The van der Waals surface area contributed by atoms with Crippen molar-refractivity contribution in [1.82, 2.24) is 0 Å². The van der Waals surface area contributed by atoms with Crippen molar-refractivity contribution in [2.24, 2.45) is 10.1 Å². The maximum Gasteiger partial charge on any atom is 0.442 e. The Morgan fingerprint density at radius 3 is 2.57 bits per heavy atom. The highest BCUT2D eigenvalue weighted by Gasteiger charge is 2.15. The summed E-state index contributed by atoms with van der Waals surface area (Å²) in [6, 6.07) is 7.87. The second-order valence-electron chi connectivity index (χ2n) is 4.53. The number of ether oxygens (including phenoxy) is 1. The van der Waals surface area contributed by atoms with Crippen LogP contribution in [0.5, 0.6) is 0 Å². The molecule has 0 aliphatic rings. The Labute approximate surface area is 123 Å². The first-order chi connectivity index (χ1) is 9.80. The average Bonchev–Trinajstić information content (AvgIpc) is 2.43. The summed E-state index contributed by atoms with van der Waals surface area (Å²) >= 11 is 0. The zero-order valence-electron chi connectivity index (χ0n) is 11.6. The minimum atomic E-state index is -2.86. The Balaban J connectivity index is 2.53. The van der Waals surface area contributed by atoms with E-state index in [4.69, 9.17) is 15.6 Å². The lowest BCUT2D eigenvalue weighted by Gasteiger charge is -2.07. The Morgan fingerprint density at radius 1 is 1.38 bits per heavy atom. The molecular weight excluding hydrogens is 296 g/mol. The van der Waals surface area contributed by atoms with Crippen LogP contribution < -0.4 is 5.73 Å². The van der Waals surface area contributed by atoms with Crippen molar-refractivity contribution in [2.75, 3.05) is 12.0 Å². The molecule has 0 fully saturated rings. The molecule has 1 amide bonds. The quantitative estimate of drug-likeness (QED) is 0.815. The highest BCUT2D eigenvalue weighted by Crippen LogP contribution is 2.04. The van der Waals surface area contributed by atoms with Crippen LogP contribution in [0.25, 0.3) is 0 Å². The Kier molecular flexibility index (Phi) is 6.32. The minimum Gasteiger partial charge on any atom is -0.480 e. The van der Waals surface area contributed by atoms with Gasteiger partial charge >= 0.3 is 12.1 Å². The molecule has 0 aromatic heterocycles. The van der Waals surface area contributed by atoms with E-state index in [1.165, 1.54) is 6.26 Å². The number of carbonyl (C=O) groups is 2. The smallest absolute Gasteiger partial charge is 0.442 e. The molecule has 0 heterocycles. The van der Waals surface area contributed by atoms with E-state index in [0.717, 1.165) is 5.56 Å². The van der Waals surface area contributed by atoms with Crippen molar-refractivity contribution in [3.63, 3.8) is 0 Å². The third kappa shape index (κ3) is 6.87. The molecule has 21 heavy (non-hydrogen) atoms. The topological polar surface area (TPSA) is 119 Å². The van der Waals surface area contributed by atoms with Crippen LogP contribution in [-0.2, 0) is 25.9 Å². The summed E-state index contributed by atoms with van der Waals surface area (Å²) in [7, 11) is -2.86. The predicted octanol–water partition coefficient (Wildman–Crippen LogP) is 1.22. The van der Waals surface area contributed by atoms with Gasteiger partial charge in [0.1, 0.15) is 12.6 Å². The Bertz CT molecular complexity index is 608. The molecule has 0 saturated carbocycles. The fourth-order valence-corrected chi connectivity index (χ4v) is 2.57. The van der Waals surface area contributed by atoms with Crippen LogP contribution in [0, 0.1) is 0 Å². The summed E-state index contributed by atoms with van der Waals surface area (Å²) in [5, 5.41) is 8.63. The van der Waals surface area contributed by atoms with Gasteiger partial charge in [-0.3, -0.25) is 4.79 Å². The Morgan fingerprint density at radius 2 is 2.00 bits per heavy atom. The van der Waals surface area contributed by atoms with Crippen LogP contribution in [0.3, 0.4) is 0 Å². The maximum absolute atomic E-state index is 12.0. The van der Waals surface area contributed by atoms with Crippen molar-refractivity contribution in [3.8, 4) is 0 Å². The van der Waals surface area contributed by atoms with Crippen molar-refractivity contribution in [3.05, 3.63) is 35.9 Å². The normalized spacial score (nSPS) is 14.8. The van der Waals surface area contributed by atoms with E-state index in [2.05, 4.69) is 4.36 Å². The fraction of sp³-hybridized carbons (Fsp3) is 0.385. The van der Waals surface area contributed by atoms with Gasteiger partial charge in [-0.2, -0.15) is 0 Å². The van der Waals surface area contributed by atoms with Crippen molar-refractivity contribution in [1.29, 1.82) is 0 Å². The molecule has 1 aromatic rings. The number of amides is 1.